The summed E-state index contributed by atoms with van der Waals surface area (Å²) in [6, 6.07) is 6.80. The number of hydrogen-bond donors (Lipinski definition) is 3. The topological polar surface area (TPSA) is 131 Å². The minimum absolute atomic E-state index is 0.00809. The van der Waals surface area contributed by atoms with Crippen LogP contribution >= 0.6 is 11.8 Å². The number of imidazole rings is 1. The van der Waals surface area contributed by atoms with Crippen molar-refractivity contribution in [3.05, 3.63) is 41.4 Å². The highest BCUT2D eigenvalue weighted by molar-refractivity contribution is 8.01. The lowest BCUT2D eigenvalue weighted by Crippen LogP contribution is -2.42. The minimum atomic E-state index is -0.502. The Morgan fingerprint density at radius 1 is 1.19 bits per heavy atom. The van der Waals surface area contributed by atoms with Crippen LogP contribution in [0.4, 0.5) is 5.82 Å². The van der Waals surface area contributed by atoms with Crippen molar-refractivity contribution in [2.45, 2.75) is 39.5 Å². The standard InChI is InChI=1S/C20H24N6O4S/c1-5-26-13(4)21-15-9-14(6-7-16(15)26)20(29)24-23-18(27)10-31-12(3)19(28)22-17-8-11(2)30-25-17/h6-9,12H,5,10H2,1-4H3,(H,23,27)(H,24,29)(H,22,25,28). The smallest absolute Gasteiger partial charge is 0.269 e. The zero-order chi connectivity index (χ0) is 22.5. The third-order valence-electron chi connectivity index (χ3n) is 4.55. The van der Waals surface area contributed by atoms with Gasteiger partial charge in [0, 0.05) is 18.2 Å². The van der Waals surface area contributed by atoms with Crippen LogP contribution in [0.3, 0.4) is 0 Å². The molecular weight excluding hydrogens is 420 g/mol. The summed E-state index contributed by atoms with van der Waals surface area (Å²) in [6.45, 7) is 8.12. The summed E-state index contributed by atoms with van der Waals surface area (Å²) in [5.74, 6) is 0.591. The maximum absolute atomic E-state index is 12.4. The van der Waals surface area contributed by atoms with E-state index < -0.39 is 17.1 Å². The molecule has 164 valence electrons. The number of aromatic nitrogens is 3. The first-order valence-corrected chi connectivity index (χ1v) is 10.7. The molecule has 1 atom stereocenters. The fourth-order valence-electron chi connectivity index (χ4n) is 2.95. The Morgan fingerprint density at radius 2 is 1.97 bits per heavy atom. The molecule has 0 aliphatic carbocycles. The van der Waals surface area contributed by atoms with Gasteiger partial charge < -0.3 is 14.4 Å². The van der Waals surface area contributed by atoms with Crippen LogP contribution in [-0.4, -0.2) is 43.4 Å². The molecule has 3 aromatic rings. The molecule has 3 N–H and O–H groups in total. The first-order chi connectivity index (χ1) is 14.8. The maximum Gasteiger partial charge on any atom is 0.269 e. The largest absolute Gasteiger partial charge is 0.360 e. The fraction of sp³-hybridized carbons (Fsp3) is 0.350. The van der Waals surface area contributed by atoms with E-state index in [2.05, 4.69) is 30.9 Å². The van der Waals surface area contributed by atoms with Crippen LogP contribution < -0.4 is 16.2 Å². The van der Waals surface area contributed by atoms with Crippen LogP contribution in [0, 0.1) is 13.8 Å². The van der Waals surface area contributed by atoms with Gasteiger partial charge in [0.15, 0.2) is 5.82 Å². The number of carbonyl (C=O) groups excluding carboxylic acids is 3. The van der Waals surface area contributed by atoms with E-state index in [9.17, 15) is 14.4 Å². The van der Waals surface area contributed by atoms with Crippen LogP contribution in [0.1, 0.15) is 35.8 Å². The van der Waals surface area contributed by atoms with Crippen LogP contribution in [0.25, 0.3) is 11.0 Å². The van der Waals surface area contributed by atoms with Crippen molar-refractivity contribution < 1.29 is 18.9 Å². The van der Waals surface area contributed by atoms with Crippen LogP contribution in [0.2, 0.25) is 0 Å². The Balaban J connectivity index is 1.47. The van der Waals surface area contributed by atoms with E-state index in [4.69, 9.17) is 4.52 Å². The number of anilines is 1. The number of nitrogens with zero attached hydrogens (tertiary/aromatic N) is 3. The van der Waals surface area contributed by atoms with Gasteiger partial charge in [-0.1, -0.05) is 5.16 Å². The summed E-state index contributed by atoms with van der Waals surface area (Å²) in [5.41, 5.74) is 6.80. The zero-order valence-corrected chi connectivity index (χ0v) is 18.5. The predicted molar refractivity (Wildman–Crippen MR) is 118 cm³/mol. The number of amides is 3. The third-order valence-corrected chi connectivity index (χ3v) is 5.69. The summed E-state index contributed by atoms with van der Waals surface area (Å²) in [5, 5.41) is 5.80. The number of hydrazine groups is 1. The first kappa shape index (κ1) is 22.3. The average Bonchev–Trinajstić information content (AvgIpc) is 3.30. The molecular formula is C20H24N6O4S. The van der Waals surface area contributed by atoms with Gasteiger partial charge in [0.2, 0.25) is 11.8 Å². The molecule has 0 aliphatic heterocycles. The van der Waals surface area contributed by atoms with Crippen molar-refractivity contribution in [3.63, 3.8) is 0 Å². The highest BCUT2D eigenvalue weighted by atomic mass is 32.2. The number of rotatable bonds is 7. The third kappa shape index (κ3) is 5.43. The summed E-state index contributed by atoms with van der Waals surface area (Å²) in [7, 11) is 0. The van der Waals surface area contributed by atoms with E-state index in [0.29, 0.717) is 17.1 Å². The molecule has 0 aliphatic rings. The summed E-state index contributed by atoms with van der Waals surface area (Å²) in [4.78, 5) is 41.0. The molecule has 0 saturated carbocycles. The molecule has 11 heteroatoms. The number of benzene rings is 1. The number of nitrogens with one attached hydrogen (secondary N) is 3. The summed E-state index contributed by atoms with van der Waals surface area (Å²) < 4.78 is 6.94. The van der Waals surface area contributed by atoms with E-state index in [0.717, 1.165) is 35.2 Å². The number of fused-ring (bicyclic) bond motifs is 1. The van der Waals surface area contributed by atoms with Gasteiger partial charge in [0.05, 0.1) is 22.0 Å². The lowest BCUT2D eigenvalue weighted by molar-refractivity contribution is -0.119. The predicted octanol–water partition coefficient (Wildman–Crippen LogP) is 2.18. The molecule has 0 radical (unpaired) electrons. The second kappa shape index (κ2) is 9.65. The first-order valence-electron chi connectivity index (χ1n) is 9.70. The Hall–Kier alpha value is -3.34. The highest BCUT2D eigenvalue weighted by Gasteiger charge is 2.17. The average molecular weight is 445 g/mol. The van der Waals surface area contributed by atoms with Gasteiger partial charge in [-0.05, 0) is 45.9 Å². The van der Waals surface area contributed by atoms with Crippen molar-refractivity contribution in [1.29, 1.82) is 0 Å². The van der Waals surface area contributed by atoms with Gasteiger partial charge in [-0.2, -0.15) is 0 Å². The van der Waals surface area contributed by atoms with E-state index in [1.54, 1.807) is 32.0 Å². The molecule has 10 nitrogen and oxygen atoms in total. The number of thioether (sulfide) groups is 1. The molecule has 0 bridgehead atoms. The van der Waals surface area contributed by atoms with Gasteiger partial charge in [0.25, 0.3) is 5.91 Å². The summed E-state index contributed by atoms with van der Waals surface area (Å²) >= 11 is 1.13. The van der Waals surface area contributed by atoms with Gasteiger partial charge in [-0.3, -0.25) is 25.2 Å². The molecule has 0 fully saturated rings. The van der Waals surface area contributed by atoms with Gasteiger partial charge in [0.1, 0.15) is 11.6 Å². The lowest BCUT2D eigenvalue weighted by atomic mass is 10.2. The molecule has 2 heterocycles. The van der Waals surface area contributed by atoms with Crippen molar-refractivity contribution in [3.8, 4) is 0 Å². The number of hydrogen-bond acceptors (Lipinski definition) is 7. The number of carbonyl (C=O) groups is 3. The van der Waals surface area contributed by atoms with Crippen molar-refractivity contribution in [1.82, 2.24) is 25.6 Å². The monoisotopic (exact) mass is 444 g/mol. The SMILES string of the molecule is CCn1c(C)nc2cc(C(=O)NNC(=O)CSC(C)C(=O)Nc3cc(C)on3)ccc21. The molecule has 3 amide bonds. The fourth-order valence-corrected chi connectivity index (χ4v) is 3.64. The molecule has 2 aromatic heterocycles. The van der Waals surface area contributed by atoms with Crippen molar-refractivity contribution in [2.75, 3.05) is 11.1 Å². The van der Waals surface area contributed by atoms with Gasteiger partial charge >= 0.3 is 0 Å². The van der Waals surface area contributed by atoms with Crippen molar-refractivity contribution in [2.24, 2.45) is 0 Å². The van der Waals surface area contributed by atoms with Crippen LogP contribution in [-0.2, 0) is 16.1 Å². The molecule has 3 rings (SSSR count). The van der Waals surface area contributed by atoms with Gasteiger partial charge in [-0.25, -0.2) is 4.98 Å². The highest BCUT2D eigenvalue weighted by Crippen LogP contribution is 2.18. The summed E-state index contributed by atoms with van der Waals surface area (Å²) in [6.07, 6.45) is 0. The normalized spacial score (nSPS) is 11.9. The molecule has 1 aromatic carbocycles. The lowest BCUT2D eigenvalue weighted by Gasteiger charge is -2.11. The van der Waals surface area contributed by atoms with Crippen molar-refractivity contribution >= 4 is 46.3 Å². The van der Waals surface area contributed by atoms with E-state index in [1.165, 1.54) is 0 Å². The van der Waals surface area contributed by atoms with Gasteiger partial charge in [-0.15, -0.1) is 11.8 Å². The van der Waals surface area contributed by atoms with E-state index >= 15 is 0 Å². The Bertz CT molecular complexity index is 1120. The second-order valence-electron chi connectivity index (χ2n) is 6.87. The van der Waals surface area contributed by atoms with E-state index in [1.807, 2.05) is 19.9 Å². The Morgan fingerprint density at radius 3 is 2.65 bits per heavy atom. The quantitative estimate of drug-likeness (QED) is 0.476. The Kier molecular flexibility index (Phi) is 6.95. The van der Waals surface area contributed by atoms with E-state index in [-0.39, 0.29) is 11.7 Å². The zero-order valence-electron chi connectivity index (χ0n) is 17.7. The molecule has 0 saturated heterocycles. The van der Waals surface area contributed by atoms with Crippen LogP contribution in [0.15, 0.2) is 28.8 Å². The van der Waals surface area contributed by atoms with Crippen LogP contribution in [0.5, 0.6) is 0 Å². The second-order valence-corrected chi connectivity index (χ2v) is 8.20. The molecule has 0 spiro atoms. The minimum Gasteiger partial charge on any atom is -0.360 e. The Labute approximate surface area is 183 Å². The maximum atomic E-state index is 12.4. The number of aryl methyl sites for hydroxylation is 3. The molecule has 31 heavy (non-hydrogen) atoms. The molecule has 1 unspecified atom stereocenters.